The molecule has 1 N–H and O–H groups in total. The third-order valence-electron chi connectivity index (χ3n) is 2.36. The van der Waals surface area contributed by atoms with Crippen LogP contribution in [0.4, 0.5) is 15.8 Å². The van der Waals surface area contributed by atoms with Crippen LogP contribution < -0.4 is 5.32 Å². The van der Waals surface area contributed by atoms with Crippen LogP contribution in [0.2, 0.25) is 0 Å². The summed E-state index contributed by atoms with van der Waals surface area (Å²) in [5.41, 5.74) is 0.0426. The highest BCUT2D eigenvalue weighted by Gasteiger charge is 2.17. The van der Waals surface area contributed by atoms with Gasteiger partial charge in [-0.1, -0.05) is 0 Å². The molecule has 0 saturated heterocycles. The van der Waals surface area contributed by atoms with Crippen molar-refractivity contribution < 1.29 is 9.31 Å². The Bertz CT molecular complexity index is 632. The molecule has 0 aliphatic carbocycles. The number of anilines is 1. The van der Waals surface area contributed by atoms with Gasteiger partial charge in [0.25, 0.3) is 5.69 Å². The third-order valence-corrected chi connectivity index (χ3v) is 4.10. The first-order valence-corrected chi connectivity index (χ1v) is 7.15. The molecule has 1 heterocycles. The summed E-state index contributed by atoms with van der Waals surface area (Å²) in [6, 6.07) is 2.37. The average molecular weight is 393 g/mol. The van der Waals surface area contributed by atoms with Gasteiger partial charge in [0.15, 0.2) is 0 Å². The number of nitrogens with zero attached hydrogens (tertiary/aromatic N) is 2. The number of benzene rings is 1. The number of nitro benzene ring substituents is 1. The SMILES string of the molecule is Cc1ncc(CNc2cc(F)c(I)cc2[N+](=O)[O-])s1. The molecule has 0 atom stereocenters. The second kappa shape index (κ2) is 5.78. The van der Waals surface area contributed by atoms with E-state index in [0.717, 1.165) is 16.0 Å². The lowest BCUT2D eigenvalue weighted by molar-refractivity contribution is -0.384. The lowest BCUT2D eigenvalue weighted by Gasteiger charge is -2.06. The Kier molecular flexibility index (Phi) is 4.30. The quantitative estimate of drug-likeness (QED) is 0.489. The van der Waals surface area contributed by atoms with Gasteiger partial charge in [0.05, 0.1) is 20.0 Å². The zero-order chi connectivity index (χ0) is 14.0. The van der Waals surface area contributed by atoms with E-state index < -0.39 is 10.7 Å². The molecule has 2 rings (SSSR count). The van der Waals surface area contributed by atoms with Crippen LogP contribution in [0, 0.1) is 26.4 Å². The minimum absolute atomic E-state index is 0.132. The number of nitrogens with one attached hydrogen (secondary N) is 1. The van der Waals surface area contributed by atoms with Crippen molar-refractivity contribution in [3.05, 3.63) is 47.7 Å². The molecule has 8 heteroatoms. The summed E-state index contributed by atoms with van der Waals surface area (Å²) in [6.45, 7) is 2.26. The molecule has 2 aromatic rings. The molecule has 1 aromatic heterocycles. The summed E-state index contributed by atoms with van der Waals surface area (Å²) in [5.74, 6) is -0.478. The second-order valence-electron chi connectivity index (χ2n) is 3.74. The van der Waals surface area contributed by atoms with E-state index in [9.17, 15) is 14.5 Å². The topological polar surface area (TPSA) is 68.1 Å². The van der Waals surface area contributed by atoms with Gasteiger partial charge >= 0.3 is 0 Å². The van der Waals surface area contributed by atoms with E-state index in [4.69, 9.17) is 0 Å². The monoisotopic (exact) mass is 393 g/mol. The standard InChI is InChI=1S/C11H9FIN3O2S/c1-6-14-4-7(19-6)5-15-10-2-8(12)9(13)3-11(10)16(17)18/h2-4,15H,5H2,1H3. The van der Waals surface area contributed by atoms with Crippen LogP contribution >= 0.6 is 33.9 Å². The van der Waals surface area contributed by atoms with E-state index in [1.807, 2.05) is 6.92 Å². The second-order valence-corrected chi connectivity index (χ2v) is 6.22. The summed E-state index contributed by atoms with van der Waals surface area (Å²) in [4.78, 5) is 15.4. The van der Waals surface area contributed by atoms with Gasteiger partial charge in [-0.2, -0.15) is 0 Å². The summed E-state index contributed by atoms with van der Waals surface area (Å²) in [7, 11) is 0. The van der Waals surface area contributed by atoms with Gasteiger partial charge in [0.1, 0.15) is 11.5 Å². The van der Waals surface area contributed by atoms with Crippen molar-refractivity contribution in [1.29, 1.82) is 0 Å². The Morgan fingerprint density at radius 3 is 2.89 bits per heavy atom. The van der Waals surface area contributed by atoms with Gasteiger partial charge in [-0.3, -0.25) is 10.1 Å². The van der Waals surface area contributed by atoms with Crippen molar-refractivity contribution in [1.82, 2.24) is 4.98 Å². The Labute approximate surface area is 126 Å². The largest absolute Gasteiger partial charge is 0.374 e. The fourth-order valence-electron chi connectivity index (χ4n) is 1.50. The van der Waals surface area contributed by atoms with Gasteiger partial charge in [-0.15, -0.1) is 11.3 Å². The minimum Gasteiger partial charge on any atom is -0.374 e. The fourth-order valence-corrected chi connectivity index (χ4v) is 2.68. The first kappa shape index (κ1) is 14.1. The van der Waals surface area contributed by atoms with Crippen molar-refractivity contribution in [2.75, 3.05) is 5.32 Å². The average Bonchev–Trinajstić information content (AvgIpc) is 2.76. The van der Waals surface area contributed by atoms with Crippen LogP contribution in [-0.2, 0) is 6.54 Å². The number of thiazole rings is 1. The summed E-state index contributed by atoms with van der Waals surface area (Å²) < 4.78 is 13.7. The molecule has 0 amide bonds. The molecule has 5 nitrogen and oxygen atoms in total. The Morgan fingerprint density at radius 2 is 2.32 bits per heavy atom. The van der Waals surface area contributed by atoms with Crippen LogP contribution in [0.1, 0.15) is 9.88 Å². The highest BCUT2D eigenvalue weighted by atomic mass is 127. The van der Waals surface area contributed by atoms with E-state index in [1.54, 1.807) is 28.8 Å². The molecule has 0 radical (unpaired) electrons. The lowest BCUT2D eigenvalue weighted by atomic mass is 10.2. The maximum atomic E-state index is 13.5. The van der Waals surface area contributed by atoms with Crippen molar-refractivity contribution >= 4 is 45.3 Å². The highest BCUT2D eigenvalue weighted by molar-refractivity contribution is 14.1. The predicted molar refractivity (Wildman–Crippen MR) is 79.9 cm³/mol. The summed E-state index contributed by atoms with van der Waals surface area (Å²) in [6.07, 6.45) is 1.70. The molecule has 0 spiro atoms. The predicted octanol–water partition coefficient (Wildman–Crippen LogP) is 3.72. The zero-order valence-electron chi connectivity index (χ0n) is 9.81. The van der Waals surface area contributed by atoms with E-state index in [-0.39, 0.29) is 14.9 Å². The smallest absolute Gasteiger partial charge is 0.293 e. The minimum atomic E-state index is -0.526. The number of aromatic nitrogens is 1. The van der Waals surface area contributed by atoms with Crippen LogP contribution in [-0.4, -0.2) is 9.91 Å². The molecular weight excluding hydrogens is 384 g/mol. The molecule has 0 saturated carbocycles. The van der Waals surface area contributed by atoms with E-state index >= 15 is 0 Å². The molecular formula is C11H9FIN3O2S. The Balaban J connectivity index is 2.23. The first-order valence-electron chi connectivity index (χ1n) is 5.26. The maximum absolute atomic E-state index is 13.5. The summed E-state index contributed by atoms with van der Waals surface area (Å²) in [5, 5.41) is 14.7. The molecule has 0 fully saturated rings. The van der Waals surface area contributed by atoms with E-state index in [1.165, 1.54) is 17.4 Å². The van der Waals surface area contributed by atoms with Crippen LogP contribution in [0.5, 0.6) is 0 Å². The molecule has 19 heavy (non-hydrogen) atoms. The molecule has 0 unspecified atom stereocenters. The Hall–Kier alpha value is -1.29. The maximum Gasteiger partial charge on any atom is 0.293 e. The highest BCUT2D eigenvalue weighted by Crippen LogP contribution is 2.29. The third kappa shape index (κ3) is 3.38. The van der Waals surface area contributed by atoms with Gasteiger partial charge in [-0.05, 0) is 29.5 Å². The molecule has 1 aromatic carbocycles. The van der Waals surface area contributed by atoms with Crippen molar-refractivity contribution in [3.63, 3.8) is 0 Å². The number of nitro groups is 1. The number of halogens is 2. The molecule has 0 aliphatic rings. The first-order chi connectivity index (χ1) is 8.97. The normalized spacial score (nSPS) is 10.5. The number of hydrogen-bond acceptors (Lipinski definition) is 5. The summed E-state index contributed by atoms with van der Waals surface area (Å²) >= 11 is 3.22. The number of aryl methyl sites for hydroxylation is 1. The number of hydrogen-bond donors (Lipinski definition) is 1. The van der Waals surface area contributed by atoms with Crippen LogP contribution in [0.15, 0.2) is 18.3 Å². The van der Waals surface area contributed by atoms with Crippen molar-refractivity contribution in [2.24, 2.45) is 0 Å². The van der Waals surface area contributed by atoms with Gasteiger partial charge < -0.3 is 5.32 Å². The molecule has 100 valence electrons. The van der Waals surface area contributed by atoms with Crippen LogP contribution in [0.25, 0.3) is 0 Å². The van der Waals surface area contributed by atoms with Gasteiger partial charge in [-0.25, -0.2) is 9.37 Å². The molecule has 0 bridgehead atoms. The van der Waals surface area contributed by atoms with Gasteiger partial charge in [0.2, 0.25) is 0 Å². The van der Waals surface area contributed by atoms with E-state index in [2.05, 4.69) is 10.3 Å². The molecule has 0 aliphatic heterocycles. The fraction of sp³-hybridized carbons (Fsp3) is 0.182. The lowest BCUT2D eigenvalue weighted by Crippen LogP contribution is -2.03. The van der Waals surface area contributed by atoms with Crippen molar-refractivity contribution in [3.8, 4) is 0 Å². The van der Waals surface area contributed by atoms with Crippen molar-refractivity contribution in [2.45, 2.75) is 13.5 Å². The Morgan fingerprint density at radius 1 is 1.58 bits per heavy atom. The van der Waals surface area contributed by atoms with E-state index in [0.29, 0.717) is 6.54 Å². The van der Waals surface area contributed by atoms with Gasteiger partial charge in [0, 0.05) is 23.2 Å². The zero-order valence-corrected chi connectivity index (χ0v) is 12.8. The number of rotatable bonds is 4. The van der Waals surface area contributed by atoms with Crippen LogP contribution in [0.3, 0.4) is 0 Å².